The quantitative estimate of drug-likeness (QED) is 0.675. The Balaban J connectivity index is 1.76. The zero-order chi connectivity index (χ0) is 15.3. The fraction of sp³-hybridized carbons (Fsp3) is 1.00. The summed E-state index contributed by atoms with van der Waals surface area (Å²) < 4.78 is 31.8. The number of morpholine rings is 1. The van der Waals surface area contributed by atoms with Crippen LogP contribution in [0.4, 0.5) is 0 Å². The number of nitrogens with zero attached hydrogens (tertiary/aromatic N) is 2. The predicted octanol–water partition coefficient (Wildman–Crippen LogP) is 0.111. The van der Waals surface area contributed by atoms with Crippen LogP contribution in [0.15, 0.2) is 0 Å². The zero-order valence-corrected chi connectivity index (χ0v) is 14.1. The largest absolute Gasteiger partial charge is 0.379 e. The summed E-state index contributed by atoms with van der Waals surface area (Å²) in [4.78, 5) is 2.37. The Morgan fingerprint density at radius 1 is 1.24 bits per heavy atom. The number of sulfonamides is 1. The normalized spacial score (nSPS) is 25.8. The van der Waals surface area contributed by atoms with E-state index in [0.29, 0.717) is 31.6 Å². The first-order valence-corrected chi connectivity index (χ1v) is 9.63. The fourth-order valence-electron chi connectivity index (χ4n) is 2.98. The molecule has 2 rings (SSSR count). The lowest BCUT2D eigenvalue weighted by molar-refractivity contribution is 0.0197. The lowest BCUT2D eigenvalue weighted by Gasteiger charge is -2.32. The molecule has 0 aromatic carbocycles. The van der Waals surface area contributed by atoms with Gasteiger partial charge in [0.25, 0.3) is 0 Å². The van der Waals surface area contributed by atoms with Crippen LogP contribution < -0.4 is 5.32 Å². The second-order valence-electron chi connectivity index (χ2n) is 6.23. The molecule has 0 aromatic heterocycles. The van der Waals surface area contributed by atoms with Crippen molar-refractivity contribution in [3.8, 4) is 0 Å². The molecule has 124 valence electrons. The van der Waals surface area contributed by atoms with Gasteiger partial charge in [-0.3, -0.25) is 4.90 Å². The standard InChI is InChI=1S/C14H29N3O3S/c1-13(2)15-5-3-11-21(18,19)17-6-4-14(12-17)16-7-9-20-10-8-16/h13-15H,3-12H2,1-2H3. The molecule has 2 fully saturated rings. The molecule has 0 bridgehead atoms. The van der Waals surface area contributed by atoms with Crippen molar-refractivity contribution in [2.75, 3.05) is 51.7 Å². The second-order valence-corrected chi connectivity index (χ2v) is 8.32. The van der Waals surface area contributed by atoms with Crippen LogP contribution in [0.5, 0.6) is 0 Å². The molecule has 0 spiro atoms. The Hall–Kier alpha value is -0.210. The minimum atomic E-state index is -3.09. The van der Waals surface area contributed by atoms with Crippen LogP contribution in [-0.2, 0) is 14.8 Å². The van der Waals surface area contributed by atoms with Crippen molar-refractivity contribution in [3.05, 3.63) is 0 Å². The molecule has 0 aliphatic carbocycles. The van der Waals surface area contributed by atoms with Crippen molar-refractivity contribution in [3.63, 3.8) is 0 Å². The summed E-state index contributed by atoms with van der Waals surface area (Å²) in [7, 11) is -3.09. The molecule has 2 heterocycles. The maximum Gasteiger partial charge on any atom is 0.214 e. The van der Waals surface area contributed by atoms with Gasteiger partial charge in [-0.15, -0.1) is 0 Å². The third-order valence-electron chi connectivity index (χ3n) is 4.21. The first-order valence-electron chi connectivity index (χ1n) is 8.02. The van der Waals surface area contributed by atoms with Crippen LogP contribution in [0.2, 0.25) is 0 Å². The summed E-state index contributed by atoms with van der Waals surface area (Å²) in [6.45, 7) is 9.62. The van der Waals surface area contributed by atoms with Crippen molar-refractivity contribution in [2.45, 2.75) is 38.8 Å². The van der Waals surface area contributed by atoms with E-state index < -0.39 is 10.0 Å². The molecule has 2 aliphatic rings. The van der Waals surface area contributed by atoms with Gasteiger partial charge >= 0.3 is 0 Å². The van der Waals surface area contributed by atoms with Crippen LogP contribution in [0.3, 0.4) is 0 Å². The first-order chi connectivity index (χ1) is 9.99. The highest BCUT2D eigenvalue weighted by atomic mass is 32.2. The molecule has 1 atom stereocenters. The van der Waals surface area contributed by atoms with Gasteiger partial charge in [0, 0.05) is 38.3 Å². The summed E-state index contributed by atoms with van der Waals surface area (Å²) in [6, 6.07) is 0.780. The predicted molar refractivity (Wildman–Crippen MR) is 83.9 cm³/mol. The highest BCUT2D eigenvalue weighted by molar-refractivity contribution is 7.89. The highest BCUT2D eigenvalue weighted by Crippen LogP contribution is 2.20. The molecule has 2 aliphatic heterocycles. The maximum atomic E-state index is 12.4. The van der Waals surface area contributed by atoms with Gasteiger partial charge in [-0.2, -0.15) is 0 Å². The number of rotatable bonds is 7. The van der Waals surface area contributed by atoms with E-state index in [1.165, 1.54) is 0 Å². The first kappa shape index (κ1) is 17.1. The van der Waals surface area contributed by atoms with Gasteiger partial charge in [0.15, 0.2) is 0 Å². The van der Waals surface area contributed by atoms with Gasteiger partial charge in [-0.05, 0) is 19.4 Å². The fourth-order valence-corrected chi connectivity index (χ4v) is 4.53. The molecule has 2 saturated heterocycles. The van der Waals surface area contributed by atoms with Crippen molar-refractivity contribution in [1.82, 2.24) is 14.5 Å². The Morgan fingerprint density at radius 3 is 2.62 bits per heavy atom. The van der Waals surface area contributed by atoms with Gasteiger partial charge < -0.3 is 10.1 Å². The van der Waals surface area contributed by atoms with E-state index in [0.717, 1.165) is 39.3 Å². The minimum absolute atomic E-state index is 0.253. The van der Waals surface area contributed by atoms with Gasteiger partial charge in [0.1, 0.15) is 0 Å². The smallest absolute Gasteiger partial charge is 0.214 e. The number of hydrogen-bond acceptors (Lipinski definition) is 5. The molecular weight excluding hydrogens is 290 g/mol. The summed E-state index contributed by atoms with van der Waals surface area (Å²) >= 11 is 0. The monoisotopic (exact) mass is 319 g/mol. The Kier molecular flexibility index (Phi) is 6.43. The van der Waals surface area contributed by atoms with Crippen molar-refractivity contribution in [2.24, 2.45) is 0 Å². The molecule has 1 N–H and O–H groups in total. The minimum Gasteiger partial charge on any atom is -0.379 e. The van der Waals surface area contributed by atoms with Gasteiger partial charge in [0.05, 0.1) is 19.0 Å². The van der Waals surface area contributed by atoms with Crippen molar-refractivity contribution >= 4 is 10.0 Å². The lowest BCUT2D eigenvalue weighted by atomic mass is 10.2. The van der Waals surface area contributed by atoms with Crippen LogP contribution in [-0.4, -0.2) is 81.4 Å². The average Bonchev–Trinajstić information content (AvgIpc) is 2.95. The molecule has 0 aromatic rings. The molecule has 21 heavy (non-hydrogen) atoms. The van der Waals surface area contributed by atoms with Gasteiger partial charge in [0.2, 0.25) is 10.0 Å². The Morgan fingerprint density at radius 2 is 1.95 bits per heavy atom. The number of nitrogens with one attached hydrogen (secondary N) is 1. The lowest BCUT2D eigenvalue weighted by Crippen LogP contribution is -2.45. The summed E-state index contributed by atoms with van der Waals surface area (Å²) in [5.74, 6) is 0.253. The Labute approximate surface area is 128 Å². The van der Waals surface area contributed by atoms with Gasteiger partial charge in [-0.1, -0.05) is 13.8 Å². The van der Waals surface area contributed by atoms with Crippen LogP contribution in [0.25, 0.3) is 0 Å². The van der Waals surface area contributed by atoms with E-state index in [-0.39, 0.29) is 5.75 Å². The SMILES string of the molecule is CC(C)NCCCS(=O)(=O)N1CCC(N2CCOCC2)C1. The molecule has 7 heteroatoms. The van der Waals surface area contributed by atoms with Gasteiger partial charge in [-0.25, -0.2) is 12.7 Å². The van der Waals surface area contributed by atoms with E-state index in [9.17, 15) is 8.42 Å². The molecule has 0 radical (unpaired) electrons. The third-order valence-corrected chi connectivity index (χ3v) is 6.14. The van der Waals surface area contributed by atoms with E-state index in [1.54, 1.807) is 4.31 Å². The second kappa shape index (κ2) is 7.87. The van der Waals surface area contributed by atoms with Crippen LogP contribution >= 0.6 is 0 Å². The maximum absolute atomic E-state index is 12.4. The molecule has 0 saturated carbocycles. The van der Waals surface area contributed by atoms with E-state index in [2.05, 4.69) is 24.1 Å². The Bertz CT molecular complexity index is 408. The topological polar surface area (TPSA) is 61.9 Å². The van der Waals surface area contributed by atoms with Crippen molar-refractivity contribution in [1.29, 1.82) is 0 Å². The zero-order valence-electron chi connectivity index (χ0n) is 13.3. The summed E-state index contributed by atoms with van der Waals surface area (Å²) in [6.07, 6.45) is 1.63. The van der Waals surface area contributed by atoms with Crippen molar-refractivity contribution < 1.29 is 13.2 Å². The number of hydrogen-bond donors (Lipinski definition) is 1. The molecule has 6 nitrogen and oxygen atoms in total. The molecule has 0 amide bonds. The van der Waals surface area contributed by atoms with E-state index >= 15 is 0 Å². The third kappa shape index (κ3) is 5.17. The van der Waals surface area contributed by atoms with Crippen LogP contribution in [0, 0.1) is 0 Å². The highest BCUT2D eigenvalue weighted by Gasteiger charge is 2.34. The van der Waals surface area contributed by atoms with E-state index in [4.69, 9.17) is 4.74 Å². The summed E-state index contributed by atoms with van der Waals surface area (Å²) in [5.41, 5.74) is 0. The van der Waals surface area contributed by atoms with E-state index in [1.807, 2.05) is 0 Å². The van der Waals surface area contributed by atoms with Crippen LogP contribution in [0.1, 0.15) is 26.7 Å². The molecule has 1 unspecified atom stereocenters. The average molecular weight is 319 g/mol. The summed E-state index contributed by atoms with van der Waals surface area (Å²) in [5, 5.41) is 3.26. The number of ether oxygens (including phenoxy) is 1. The molecular formula is C14H29N3O3S.